The van der Waals surface area contributed by atoms with Crippen molar-refractivity contribution < 1.29 is 4.92 Å². The van der Waals surface area contributed by atoms with Crippen LogP contribution in [-0.4, -0.2) is 18.0 Å². The summed E-state index contributed by atoms with van der Waals surface area (Å²) in [7, 11) is 0. The van der Waals surface area contributed by atoms with E-state index in [4.69, 9.17) is 0 Å². The van der Waals surface area contributed by atoms with Crippen molar-refractivity contribution in [2.75, 3.05) is 13.1 Å². The average molecular weight is 243 g/mol. The van der Waals surface area contributed by atoms with Gasteiger partial charge in [0.1, 0.15) is 0 Å². The Labute approximate surface area is 101 Å². The van der Waals surface area contributed by atoms with Gasteiger partial charge in [0.05, 0.1) is 4.92 Å². The number of piperidine rings is 1. The third-order valence-electron chi connectivity index (χ3n) is 2.91. The summed E-state index contributed by atoms with van der Waals surface area (Å²) in [5, 5.41) is 14.1. The summed E-state index contributed by atoms with van der Waals surface area (Å²) in [6, 6.07) is 7.08. The van der Waals surface area contributed by atoms with Gasteiger partial charge in [-0.1, -0.05) is 18.2 Å². The van der Waals surface area contributed by atoms with Gasteiger partial charge in [0, 0.05) is 11.6 Å². The topological polar surface area (TPSA) is 55.2 Å². The van der Waals surface area contributed by atoms with Crippen molar-refractivity contribution in [1.29, 1.82) is 0 Å². The minimum Gasteiger partial charge on any atom is -0.317 e. The van der Waals surface area contributed by atoms with Crippen molar-refractivity contribution in [3.8, 4) is 0 Å². The first-order chi connectivity index (χ1) is 7.29. The fourth-order valence-corrected chi connectivity index (χ4v) is 2.13. The Hall–Kier alpha value is -1.13. The molecule has 1 aromatic carbocycles. The van der Waals surface area contributed by atoms with Gasteiger partial charge in [-0.2, -0.15) is 0 Å². The number of nitrogens with one attached hydrogen (secondary N) is 1. The standard InChI is InChI=1S/C11H14N2O2.ClH/c14-13(15)11-4-2-1-3-10(11)9-5-7-12-8-6-9;/h1-4,9,12H,5-8H2;1H. The van der Waals surface area contributed by atoms with E-state index in [-0.39, 0.29) is 23.0 Å². The van der Waals surface area contributed by atoms with Crippen LogP contribution < -0.4 is 5.32 Å². The molecule has 0 saturated carbocycles. The summed E-state index contributed by atoms with van der Waals surface area (Å²) >= 11 is 0. The van der Waals surface area contributed by atoms with Gasteiger partial charge in [-0.3, -0.25) is 10.1 Å². The molecule has 16 heavy (non-hydrogen) atoms. The summed E-state index contributed by atoms with van der Waals surface area (Å²) in [6.45, 7) is 1.91. The van der Waals surface area contributed by atoms with E-state index in [1.807, 2.05) is 12.1 Å². The molecule has 0 unspecified atom stereocenters. The second kappa shape index (κ2) is 5.82. The molecule has 5 heteroatoms. The van der Waals surface area contributed by atoms with Crippen LogP contribution in [0.3, 0.4) is 0 Å². The Balaban J connectivity index is 0.00000128. The molecule has 0 spiro atoms. The SMILES string of the molecule is Cl.O=[N+]([O-])c1ccccc1C1CCNCC1. The van der Waals surface area contributed by atoms with E-state index in [1.54, 1.807) is 12.1 Å². The quantitative estimate of drug-likeness (QED) is 0.640. The van der Waals surface area contributed by atoms with E-state index in [0.717, 1.165) is 31.5 Å². The lowest BCUT2D eigenvalue weighted by Crippen LogP contribution is -2.26. The molecule has 1 heterocycles. The molecule has 0 aliphatic carbocycles. The van der Waals surface area contributed by atoms with Crippen LogP contribution in [0.4, 0.5) is 5.69 Å². The lowest BCUT2D eigenvalue weighted by molar-refractivity contribution is -0.385. The largest absolute Gasteiger partial charge is 0.317 e. The molecule has 0 bridgehead atoms. The number of halogens is 1. The second-order valence-electron chi connectivity index (χ2n) is 3.84. The van der Waals surface area contributed by atoms with Crippen LogP contribution in [0.15, 0.2) is 24.3 Å². The van der Waals surface area contributed by atoms with Gasteiger partial charge in [0.15, 0.2) is 0 Å². The highest BCUT2D eigenvalue weighted by molar-refractivity contribution is 5.85. The number of hydrogen-bond donors (Lipinski definition) is 1. The lowest BCUT2D eigenvalue weighted by Gasteiger charge is -2.22. The maximum atomic E-state index is 10.9. The van der Waals surface area contributed by atoms with Crippen molar-refractivity contribution >= 4 is 18.1 Å². The van der Waals surface area contributed by atoms with Crippen molar-refractivity contribution in [2.45, 2.75) is 18.8 Å². The zero-order valence-electron chi connectivity index (χ0n) is 8.89. The lowest BCUT2D eigenvalue weighted by atomic mass is 9.89. The van der Waals surface area contributed by atoms with E-state index in [2.05, 4.69) is 5.32 Å². The van der Waals surface area contributed by atoms with Gasteiger partial charge < -0.3 is 5.32 Å². The Bertz CT molecular complexity index is 365. The predicted octanol–water partition coefficient (Wildman–Crippen LogP) is 2.48. The maximum absolute atomic E-state index is 10.9. The van der Waals surface area contributed by atoms with Crippen LogP contribution in [0.2, 0.25) is 0 Å². The fraction of sp³-hybridized carbons (Fsp3) is 0.455. The molecule has 0 radical (unpaired) electrons. The normalized spacial score (nSPS) is 16.5. The van der Waals surface area contributed by atoms with Crippen LogP contribution in [-0.2, 0) is 0 Å². The third kappa shape index (κ3) is 2.71. The Morgan fingerprint density at radius 1 is 1.25 bits per heavy atom. The highest BCUT2D eigenvalue weighted by Crippen LogP contribution is 2.31. The molecule has 1 fully saturated rings. The molecule has 88 valence electrons. The molecule has 1 aromatic rings. The van der Waals surface area contributed by atoms with Gasteiger partial charge >= 0.3 is 0 Å². The van der Waals surface area contributed by atoms with E-state index >= 15 is 0 Å². The van der Waals surface area contributed by atoms with Gasteiger partial charge in [0.25, 0.3) is 5.69 Å². The molecule has 1 saturated heterocycles. The Morgan fingerprint density at radius 3 is 2.50 bits per heavy atom. The van der Waals surface area contributed by atoms with E-state index in [9.17, 15) is 10.1 Å². The van der Waals surface area contributed by atoms with Gasteiger partial charge in [0.2, 0.25) is 0 Å². The van der Waals surface area contributed by atoms with Gasteiger partial charge in [-0.25, -0.2) is 0 Å². The third-order valence-corrected chi connectivity index (χ3v) is 2.91. The summed E-state index contributed by atoms with van der Waals surface area (Å²) < 4.78 is 0. The second-order valence-corrected chi connectivity index (χ2v) is 3.84. The molecular formula is C11H15ClN2O2. The molecule has 2 rings (SSSR count). The molecule has 0 atom stereocenters. The summed E-state index contributed by atoms with van der Waals surface area (Å²) in [5.74, 6) is 0.341. The minimum atomic E-state index is -0.280. The molecule has 1 N–H and O–H groups in total. The van der Waals surface area contributed by atoms with Crippen LogP contribution in [0.5, 0.6) is 0 Å². The Kier molecular flexibility index (Phi) is 4.71. The number of rotatable bonds is 2. The number of nitro benzene ring substituents is 1. The van der Waals surface area contributed by atoms with Gasteiger partial charge in [-0.15, -0.1) is 12.4 Å². The molecule has 1 aliphatic rings. The highest BCUT2D eigenvalue weighted by Gasteiger charge is 2.22. The average Bonchev–Trinajstić information content (AvgIpc) is 2.30. The first-order valence-electron chi connectivity index (χ1n) is 5.23. The van der Waals surface area contributed by atoms with Crippen molar-refractivity contribution in [3.05, 3.63) is 39.9 Å². The van der Waals surface area contributed by atoms with Gasteiger partial charge in [-0.05, 0) is 31.8 Å². The smallest absolute Gasteiger partial charge is 0.272 e. The van der Waals surface area contributed by atoms with Crippen LogP contribution >= 0.6 is 12.4 Å². The molecule has 0 aromatic heterocycles. The van der Waals surface area contributed by atoms with Crippen molar-refractivity contribution in [2.24, 2.45) is 0 Å². The number of hydrogen-bond acceptors (Lipinski definition) is 3. The predicted molar refractivity (Wildman–Crippen MR) is 65.2 cm³/mol. The number of nitrogens with zero attached hydrogens (tertiary/aromatic N) is 1. The monoisotopic (exact) mass is 242 g/mol. The first-order valence-corrected chi connectivity index (χ1v) is 5.23. The van der Waals surface area contributed by atoms with E-state index in [0.29, 0.717) is 5.92 Å². The first kappa shape index (κ1) is 12.9. The number of nitro groups is 1. The molecule has 4 nitrogen and oxygen atoms in total. The van der Waals surface area contributed by atoms with Crippen molar-refractivity contribution in [1.82, 2.24) is 5.32 Å². The number of benzene rings is 1. The Morgan fingerprint density at radius 2 is 1.88 bits per heavy atom. The van der Waals surface area contributed by atoms with E-state index < -0.39 is 0 Å². The van der Waals surface area contributed by atoms with Crippen LogP contribution in [0.25, 0.3) is 0 Å². The molecular weight excluding hydrogens is 228 g/mol. The maximum Gasteiger partial charge on any atom is 0.272 e. The summed E-state index contributed by atoms with van der Waals surface area (Å²) in [4.78, 5) is 10.6. The van der Waals surface area contributed by atoms with Crippen LogP contribution in [0.1, 0.15) is 24.3 Å². The minimum absolute atomic E-state index is 0. The summed E-state index contributed by atoms with van der Waals surface area (Å²) in [5.41, 5.74) is 1.16. The summed E-state index contributed by atoms with van der Waals surface area (Å²) in [6.07, 6.45) is 1.98. The highest BCUT2D eigenvalue weighted by atomic mass is 35.5. The zero-order chi connectivity index (χ0) is 10.7. The molecule has 0 amide bonds. The molecule has 1 aliphatic heterocycles. The van der Waals surface area contributed by atoms with E-state index in [1.165, 1.54) is 0 Å². The van der Waals surface area contributed by atoms with Crippen molar-refractivity contribution in [3.63, 3.8) is 0 Å². The van der Waals surface area contributed by atoms with Crippen LogP contribution in [0, 0.1) is 10.1 Å². The zero-order valence-corrected chi connectivity index (χ0v) is 9.70. The fourth-order valence-electron chi connectivity index (χ4n) is 2.13. The number of para-hydroxylation sites is 1.